The predicted octanol–water partition coefficient (Wildman–Crippen LogP) is 4.47. The Balaban J connectivity index is 0.748. The predicted molar refractivity (Wildman–Crippen MR) is 274 cm³/mol. The topological polar surface area (TPSA) is 75.4 Å². The highest BCUT2D eigenvalue weighted by atomic mass is 15.3. The molecule has 0 spiro atoms. The fourth-order valence-corrected chi connectivity index (χ4v) is 14.5. The lowest BCUT2D eigenvalue weighted by Gasteiger charge is -2.36. The summed E-state index contributed by atoms with van der Waals surface area (Å²) in [6, 6.07) is 10.2. The van der Waals surface area contributed by atoms with Crippen LogP contribution < -0.4 is 20.9 Å². The number of nitrogens with zero attached hydrogens (tertiary/aromatic N) is 12. The minimum atomic E-state index is 0.689. The highest BCUT2D eigenvalue weighted by Crippen LogP contribution is 2.36. The number of aliphatic imine (C=N–C) groups is 4. The van der Waals surface area contributed by atoms with Crippen molar-refractivity contribution in [3.63, 3.8) is 0 Å². The Labute approximate surface area is 403 Å². The highest BCUT2D eigenvalue weighted by Gasteiger charge is 2.39. The number of fused-ring (bicyclic) bond motifs is 4. The Kier molecular flexibility index (Phi) is 10.8. The molecule has 12 aliphatic rings. The van der Waals surface area contributed by atoms with Gasteiger partial charge in [-0.05, 0) is 152 Å². The van der Waals surface area contributed by atoms with Gasteiger partial charge in [-0.25, -0.2) is 20.0 Å². The Hall–Kier alpha value is -5.00. The zero-order valence-corrected chi connectivity index (χ0v) is 40.9. The monoisotopic (exact) mass is 915 g/mol. The van der Waals surface area contributed by atoms with Crippen LogP contribution >= 0.6 is 0 Å². The molecule has 1 atom stereocenters. The molecule has 0 bridgehead atoms. The summed E-state index contributed by atoms with van der Waals surface area (Å²) in [6.45, 7) is 17.8. The van der Waals surface area contributed by atoms with Gasteiger partial charge in [-0.1, -0.05) is 0 Å². The summed E-state index contributed by atoms with van der Waals surface area (Å²) in [5.74, 6) is 11.2. The number of benzene rings is 2. The van der Waals surface area contributed by atoms with E-state index in [1.165, 1.54) is 205 Å². The summed E-state index contributed by atoms with van der Waals surface area (Å²) in [6.07, 6.45) is 22.9. The van der Waals surface area contributed by atoms with Crippen molar-refractivity contribution in [2.75, 3.05) is 105 Å². The van der Waals surface area contributed by atoms with Gasteiger partial charge < -0.3 is 39.2 Å². The van der Waals surface area contributed by atoms with Crippen molar-refractivity contribution in [1.29, 1.82) is 0 Å². The van der Waals surface area contributed by atoms with E-state index in [4.69, 9.17) is 20.0 Å². The third kappa shape index (κ3) is 7.17. The first-order valence-corrected chi connectivity index (χ1v) is 27.9. The van der Waals surface area contributed by atoms with E-state index in [1.807, 2.05) is 0 Å². The van der Waals surface area contributed by atoms with Crippen LogP contribution in [0.3, 0.4) is 0 Å². The van der Waals surface area contributed by atoms with Gasteiger partial charge in [0.15, 0.2) is 0 Å². The van der Waals surface area contributed by atoms with Crippen LogP contribution in [0.25, 0.3) is 23.3 Å². The van der Waals surface area contributed by atoms with E-state index in [9.17, 15) is 0 Å². The second-order valence-electron chi connectivity index (χ2n) is 22.5. The normalized spacial score (nSPS) is 26.4. The molecule has 0 radical (unpaired) electrons. The lowest BCUT2D eigenvalue weighted by Crippen LogP contribution is -2.42. The average Bonchev–Trinajstić information content (AvgIpc) is 4.24. The minimum absolute atomic E-state index is 0.689. The van der Waals surface area contributed by atoms with Crippen LogP contribution in [0, 0.1) is 11.8 Å². The standard InChI is InChI=1S/C56H74N12/c1-4-19-61(20-5-1)49-41-34-44-46(35-42(41)50(57-49)62-21-6-2-7-22-62)55(59-53(44)63-23-8-3-9-24-63)67-31-16-39(17-32-67)40-18-33-68(38-40)56-48-37-45-43(36-47(48)54(60-56)66-29-14-15-30-66)51(64-25-10-11-26-64)58-52(45)65-27-12-13-28-65/h34-37,39-40H,1-33,38H2. The van der Waals surface area contributed by atoms with Crippen LogP contribution in [-0.2, 0) is 0 Å². The molecule has 8 saturated heterocycles. The van der Waals surface area contributed by atoms with E-state index in [2.05, 4.69) is 63.5 Å². The van der Waals surface area contributed by atoms with Gasteiger partial charge in [0.25, 0.3) is 0 Å². The maximum absolute atomic E-state index is 5.71. The van der Waals surface area contributed by atoms with E-state index in [-0.39, 0.29) is 0 Å². The van der Waals surface area contributed by atoms with Gasteiger partial charge in [0.05, 0.1) is 0 Å². The van der Waals surface area contributed by atoms with Gasteiger partial charge in [-0.15, -0.1) is 0 Å². The molecule has 8 fully saturated rings. The summed E-state index contributed by atoms with van der Waals surface area (Å²) in [4.78, 5) is 43.4. The first-order chi connectivity index (χ1) is 33.7. The largest absolute Gasteiger partial charge is 0.356 e. The van der Waals surface area contributed by atoms with Gasteiger partial charge in [0.1, 0.15) is 46.6 Å². The number of hydrogen-bond acceptors (Lipinski definition) is 12. The fourth-order valence-electron chi connectivity index (χ4n) is 14.5. The lowest BCUT2D eigenvalue weighted by atomic mass is 9.83. The quantitative estimate of drug-likeness (QED) is 0.436. The number of rotatable bonds is 5. The van der Waals surface area contributed by atoms with Crippen LogP contribution in [0.4, 0.5) is 0 Å². The summed E-state index contributed by atoms with van der Waals surface area (Å²) < 4.78 is 0. The molecule has 68 heavy (non-hydrogen) atoms. The van der Waals surface area contributed by atoms with Gasteiger partial charge in [0, 0.05) is 148 Å². The number of hydrogen-bond donors (Lipinski definition) is 0. The molecule has 0 aromatic heterocycles. The molecule has 14 rings (SSSR count). The highest BCUT2D eigenvalue weighted by molar-refractivity contribution is 6.10. The fraction of sp³-hybridized carbons (Fsp3) is 0.643. The van der Waals surface area contributed by atoms with Gasteiger partial charge in [-0.2, -0.15) is 0 Å². The zero-order chi connectivity index (χ0) is 44.7. The van der Waals surface area contributed by atoms with Gasteiger partial charge in [0.2, 0.25) is 0 Å². The third-order valence-electron chi connectivity index (χ3n) is 18.3. The van der Waals surface area contributed by atoms with Gasteiger partial charge >= 0.3 is 0 Å². The van der Waals surface area contributed by atoms with Crippen molar-refractivity contribution in [2.45, 2.75) is 116 Å². The van der Waals surface area contributed by atoms with Crippen LogP contribution in [0.1, 0.15) is 138 Å². The molecule has 2 aromatic carbocycles. The van der Waals surface area contributed by atoms with Crippen molar-refractivity contribution in [3.05, 3.63) is 67.4 Å². The van der Waals surface area contributed by atoms with Crippen molar-refractivity contribution in [1.82, 2.24) is 39.2 Å². The summed E-state index contributed by atoms with van der Waals surface area (Å²) in [5.41, 5.74) is 5.42. The number of piperidine rings is 4. The molecule has 12 heterocycles. The Morgan fingerprint density at radius 2 is 0.515 bits per heavy atom. The Morgan fingerprint density at radius 3 is 0.853 bits per heavy atom. The van der Waals surface area contributed by atoms with E-state index in [0.29, 0.717) is 5.92 Å². The molecule has 0 saturated carbocycles. The molecule has 12 heteroatoms. The third-order valence-corrected chi connectivity index (χ3v) is 18.3. The first-order valence-electron chi connectivity index (χ1n) is 27.9. The molecular formula is C56H74N12. The van der Waals surface area contributed by atoms with Crippen LogP contribution in [0.5, 0.6) is 0 Å². The maximum Gasteiger partial charge on any atom is 0.139 e. The van der Waals surface area contributed by atoms with Crippen LogP contribution in [0.15, 0.2) is 44.2 Å². The van der Waals surface area contributed by atoms with E-state index >= 15 is 0 Å². The van der Waals surface area contributed by atoms with E-state index < -0.39 is 0 Å². The van der Waals surface area contributed by atoms with Crippen LogP contribution in [0.2, 0.25) is 0 Å². The summed E-state index contributed by atoms with van der Waals surface area (Å²) >= 11 is 0. The van der Waals surface area contributed by atoms with E-state index in [1.54, 1.807) is 0 Å². The van der Waals surface area contributed by atoms with E-state index in [0.717, 1.165) is 111 Å². The molecule has 0 aliphatic carbocycles. The first kappa shape index (κ1) is 41.9. The Morgan fingerprint density at radius 1 is 0.265 bits per heavy atom. The molecule has 2 aromatic rings. The molecular weight excluding hydrogens is 841 g/mol. The zero-order valence-electron chi connectivity index (χ0n) is 40.9. The lowest BCUT2D eigenvalue weighted by molar-refractivity contribution is 0.205. The summed E-state index contributed by atoms with van der Waals surface area (Å²) in [7, 11) is 0. The molecule has 12 aliphatic heterocycles. The second kappa shape index (κ2) is 17.4. The molecule has 1 unspecified atom stereocenters. The van der Waals surface area contributed by atoms with Crippen molar-refractivity contribution < 1.29 is 0 Å². The maximum atomic E-state index is 5.71. The van der Waals surface area contributed by atoms with Crippen molar-refractivity contribution in [3.8, 4) is 0 Å². The molecule has 0 amide bonds. The Bertz CT molecular complexity index is 2720. The van der Waals surface area contributed by atoms with Crippen molar-refractivity contribution in [2.24, 2.45) is 31.8 Å². The number of likely N-dealkylation sites (tertiary alicyclic amines) is 8. The molecule has 358 valence electrons. The molecule has 12 nitrogen and oxygen atoms in total. The smallest absolute Gasteiger partial charge is 0.139 e. The second-order valence-corrected chi connectivity index (χ2v) is 22.5. The number of amidine groups is 4. The van der Waals surface area contributed by atoms with Crippen LogP contribution in [-0.4, -0.2) is 167 Å². The van der Waals surface area contributed by atoms with Crippen molar-refractivity contribution >= 4 is 46.6 Å². The minimum Gasteiger partial charge on any atom is -0.356 e. The molecule has 0 N–H and O–H groups in total. The van der Waals surface area contributed by atoms with Gasteiger partial charge in [-0.3, -0.25) is 0 Å². The SMILES string of the molecule is c1c2c(cc3c1=C(N1CCCCC1)N=C3N1CCCCC1)=C(N1CCCCC1)N=C2N1CCC(C2CCN(C3=c4cc5c(cc4C(N4CCCC4)=N3)=C(N3CCCC3)N=C5N3CCCC3)C2)CC1. The average molecular weight is 915 g/mol. The summed E-state index contributed by atoms with van der Waals surface area (Å²) in [5, 5.41) is 5.42.